The number of carbonyl (C=O) groups is 1. The van der Waals surface area contributed by atoms with Crippen molar-refractivity contribution in [2.45, 2.75) is 71.6 Å². The van der Waals surface area contributed by atoms with E-state index in [0.29, 0.717) is 30.0 Å². The Bertz CT molecular complexity index is 953. The van der Waals surface area contributed by atoms with Crippen LogP contribution in [-0.2, 0) is 6.42 Å². The molecule has 0 radical (unpaired) electrons. The van der Waals surface area contributed by atoms with Crippen LogP contribution in [0.2, 0.25) is 0 Å². The van der Waals surface area contributed by atoms with Crippen molar-refractivity contribution in [2.24, 2.45) is 17.8 Å². The Balaban J connectivity index is 1.61. The van der Waals surface area contributed by atoms with Crippen molar-refractivity contribution in [3.05, 3.63) is 64.5 Å². The molecule has 1 saturated carbocycles. The number of rotatable bonds is 9. The van der Waals surface area contributed by atoms with Crippen molar-refractivity contribution in [3.63, 3.8) is 0 Å². The summed E-state index contributed by atoms with van der Waals surface area (Å²) in [7, 11) is 0. The average Bonchev–Trinajstić information content (AvgIpc) is 2.77. The summed E-state index contributed by atoms with van der Waals surface area (Å²) in [6.07, 6.45) is 10.1. The third kappa shape index (κ3) is 6.57. The van der Waals surface area contributed by atoms with E-state index in [0.717, 1.165) is 30.9 Å². The van der Waals surface area contributed by atoms with Crippen molar-refractivity contribution in [1.29, 1.82) is 0 Å². The monoisotopic (exact) mass is 482 g/mol. The number of halogens is 5. The zero-order valence-corrected chi connectivity index (χ0v) is 19.6. The minimum Gasteiger partial charge on any atom is -0.423 e. The summed E-state index contributed by atoms with van der Waals surface area (Å²) in [5.41, 5.74) is -0.530. The van der Waals surface area contributed by atoms with Gasteiger partial charge in [0.25, 0.3) is 0 Å². The standard InChI is InChI=1S/C27H31F5O2/c1-3-4-5-6-17-7-9-19(10-8-17)16(2)11-18-12-21(28)25(22(29)13-18)27(33)34-20-14-23(30)26(32)24(31)15-20/h12-17,19H,3-11H2,1-2H3. The van der Waals surface area contributed by atoms with E-state index in [-0.39, 0.29) is 5.92 Å². The van der Waals surface area contributed by atoms with E-state index < -0.39 is 46.4 Å². The quantitative estimate of drug-likeness (QED) is 0.118. The van der Waals surface area contributed by atoms with Crippen molar-refractivity contribution in [3.8, 4) is 5.75 Å². The van der Waals surface area contributed by atoms with Crippen LogP contribution in [0.1, 0.15) is 81.1 Å². The first-order chi connectivity index (χ1) is 16.2. The summed E-state index contributed by atoms with van der Waals surface area (Å²) < 4.78 is 73.6. The van der Waals surface area contributed by atoms with Crippen LogP contribution < -0.4 is 4.74 Å². The molecule has 0 aliphatic heterocycles. The van der Waals surface area contributed by atoms with Crippen LogP contribution in [0.5, 0.6) is 5.75 Å². The number of benzene rings is 2. The molecule has 34 heavy (non-hydrogen) atoms. The van der Waals surface area contributed by atoms with E-state index >= 15 is 0 Å². The summed E-state index contributed by atoms with van der Waals surface area (Å²) in [6.45, 7) is 4.28. The van der Waals surface area contributed by atoms with Gasteiger partial charge in [0.2, 0.25) is 0 Å². The number of hydrogen-bond acceptors (Lipinski definition) is 2. The fourth-order valence-electron chi connectivity index (χ4n) is 4.96. The molecule has 3 rings (SSSR count). The minimum absolute atomic E-state index is 0.235. The number of ether oxygens (including phenoxy) is 1. The Kier molecular flexibility index (Phi) is 9.09. The Labute approximate surface area is 197 Å². The number of unbranched alkanes of at least 4 members (excludes halogenated alkanes) is 2. The molecule has 2 nitrogen and oxygen atoms in total. The molecule has 186 valence electrons. The highest BCUT2D eigenvalue weighted by atomic mass is 19.2. The first-order valence-corrected chi connectivity index (χ1v) is 12.0. The topological polar surface area (TPSA) is 26.3 Å². The molecule has 1 atom stereocenters. The second kappa shape index (κ2) is 11.8. The van der Waals surface area contributed by atoms with Crippen molar-refractivity contribution in [1.82, 2.24) is 0 Å². The molecule has 2 aromatic rings. The Hall–Kier alpha value is -2.44. The smallest absolute Gasteiger partial charge is 0.349 e. The highest BCUT2D eigenvalue weighted by Gasteiger charge is 2.27. The Morgan fingerprint density at radius 3 is 2.06 bits per heavy atom. The molecule has 1 unspecified atom stereocenters. The molecular weight excluding hydrogens is 451 g/mol. The molecule has 0 spiro atoms. The van der Waals surface area contributed by atoms with Crippen molar-refractivity contribution < 1.29 is 31.5 Å². The van der Waals surface area contributed by atoms with Crippen LogP contribution in [0.25, 0.3) is 0 Å². The average molecular weight is 483 g/mol. The van der Waals surface area contributed by atoms with Gasteiger partial charge in [-0.3, -0.25) is 0 Å². The number of carbonyl (C=O) groups excluding carboxylic acids is 1. The third-order valence-corrected chi connectivity index (χ3v) is 6.94. The SMILES string of the molecule is CCCCCC1CCC(C(C)Cc2cc(F)c(C(=O)Oc3cc(F)c(F)c(F)c3)c(F)c2)CC1. The lowest BCUT2D eigenvalue weighted by Crippen LogP contribution is -2.22. The third-order valence-electron chi connectivity index (χ3n) is 6.94. The summed E-state index contributed by atoms with van der Waals surface area (Å²) >= 11 is 0. The first-order valence-electron chi connectivity index (χ1n) is 12.0. The van der Waals surface area contributed by atoms with Gasteiger partial charge in [-0.1, -0.05) is 52.4 Å². The first kappa shape index (κ1) is 26.2. The summed E-state index contributed by atoms with van der Waals surface area (Å²) in [4.78, 5) is 12.2. The van der Waals surface area contributed by atoms with E-state index in [1.165, 1.54) is 38.5 Å². The van der Waals surface area contributed by atoms with Crippen molar-refractivity contribution in [2.75, 3.05) is 0 Å². The van der Waals surface area contributed by atoms with Crippen LogP contribution >= 0.6 is 0 Å². The van der Waals surface area contributed by atoms with Gasteiger partial charge in [0.1, 0.15) is 22.9 Å². The van der Waals surface area contributed by atoms with Crippen LogP contribution in [-0.4, -0.2) is 5.97 Å². The molecule has 1 aliphatic rings. The zero-order valence-electron chi connectivity index (χ0n) is 19.6. The Morgan fingerprint density at radius 1 is 0.912 bits per heavy atom. The number of hydrogen-bond donors (Lipinski definition) is 0. The van der Waals surface area contributed by atoms with Gasteiger partial charge in [-0.05, 0) is 54.7 Å². The van der Waals surface area contributed by atoms with Crippen molar-refractivity contribution >= 4 is 5.97 Å². The molecule has 0 saturated heterocycles. The highest BCUT2D eigenvalue weighted by molar-refractivity contribution is 5.91. The van der Waals surface area contributed by atoms with E-state index in [9.17, 15) is 26.7 Å². The van der Waals surface area contributed by atoms with Gasteiger partial charge in [0, 0.05) is 12.1 Å². The van der Waals surface area contributed by atoms with Crippen LogP contribution in [0.3, 0.4) is 0 Å². The predicted molar refractivity (Wildman–Crippen MR) is 120 cm³/mol. The van der Waals surface area contributed by atoms with Crippen LogP contribution in [0.15, 0.2) is 24.3 Å². The molecule has 2 aromatic carbocycles. The fourth-order valence-corrected chi connectivity index (χ4v) is 4.96. The van der Waals surface area contributed by atoms with Crippen LogP contribution in [0, 0.1) is 46.8 Å². The minimum atomic E-state index is -1.74. The van der Waals surface area contributed by atoms with E-state index in [2.05, 4.69) is 18.6 Å². The largest absolute Gasteiger partial charge is 0.423 e. The molecule has 0 N–H and O–H groups in total. The lowest BCUT2D eigenvalue weighted by Gasteiger charge is -2.32. The lowest BCUT2D eigenvalue weighted by molar-refractivity contribution is 0.0723. The second-order valence-corrected chi connectivity index (χ2v) is 9.48. The summed E-state index contributed by atoms with van der Waals surface area (Å²) in [5, 5.41) is 0. The molecule has 0 aromatic heterocycles. The van der Waals surface area contributed by atoms with E-state index in [4.69, 9.17) is 0 Å². The maximum Gasteiger partial charge on any atom is 0.349 e. The molecule has 1 aliphatic carbocycles. The van der Waals surface area contributed by atoms with Crippen LogP contribution in [0.4, 0.5) is 22.0 Å². The fraction of sp³-hybridized carbons (Fsp3) is 0.519. The molecule has 0 heterocycles. The summed E-state index contributed by atoms with van der Waals surface area (Å²) in [5.74, 6) is -7.78. The van der Waals surface area contributed by atoms with Gasteiger partial charge in [-0.25, -0.2) is 26.7 Å². The molecule has 7 heteroatoms. The van der Waals surface area contributed by atoms with E-state index in [1.54, 1.807) is 0 Å². The van der Waals surface area contributed by atoms with Gasteiger partial charge in [-0.15, -0.1) is 0 Å². The Morgan fingerprint density at radius 2 is 1.50 bits per heavy atom. The zero-order chi connectivity index (χ0) is 24.8. The summed E-state index contributed by atoms with van der Waals surface area (Å²) in [6, 6.07) is 3.05. The molecule has 1 fully saturated rings. The molecule has 0 amide bonds. The number of esters is 1. The second-order valence-electron chi connectivity index (χ2n) is 9.48. The highest BCUT2D eigenvalue weighted by Crippen LogP contribution is 2.37. The van der Waals surface area contributed by atoms with Gasteiger partial charge in [-0.2, -0.15) is 0 Å². The van der Waals surface area contributed by atoms with E-state index in [1.807, 2.05) is 0 Å². The molecule has 0 bridgehead atoms. The maximum atomic E-state index is 14.6. The predicted octanol–water partition coefficient (Wildman–Crippen LogP) is 8.17. The lowest BCUT2D eigenvalue weighted by atomic mass is 9.73. The van der Waals surface area contributed by atoms with Gasteiger partial charge in [0.05, 0.1) is 0 Å². The normalized spacial score (nSPS) is 19.1. The van der Waals surface area contributed by atoms with Gasteiger partial charge in [0.15, 0.2) is 17.5 Å². The van der Waals surface area contributed by atoms with Gasteiger partial charge >= 0.3 is 5.97 Å². The molecular formula is C27H31F5O2. The van der Waals surface area contributed by atoms with Gasteiger partial charge < -0.3 is 4.74 Å². The maximum absolute atomic E-state index is 14.6.